The number of nitrogens with zero attached hydrogens (tertiary/aromatic N) is 1. The summed E-state index contributed by atoms with van der Waals surface area (Å²) in [4.78, 5) is 34.7. The highest BCUT2D eigenvalue weighted by Gasteiger charge is 2.28. The van der Waals surface area contributed by atoms with Crippen LogP contribution in [0.5, 0.6) is 5.75 Å². The summed E-state index contributed by atoms with van der Waals surface area (Å²) in [5.41, 5.74) is -0.780. The Hall–Kier alpha value is -3.63. The number of nitro benzene ring substituents is 1. The summed E-state index contributed by atoms with van der Waals surface area (Å²) in [5.74, 6) is -1.87. The first-order chi connectivity index (χ1) is 13.1. The number of amides is 2. The molecule has 2 N–H and O–H groups in total. The molecule has 148 valence electrons. The normalized spacial score (nSPS) is 10.9. The molecule has 11 heteroatoms. The van der Waals surface area contributed by atoms with Gasteiger partial charge in [-0.3, -0.25) is 19.7 Å². The van der Waals surface area contributed by atoms with E-state index in [1.807, 2.05) is 0 Å². The number of carbonyl (C=O) groups is 2. The lowest BCUT2D eigenvalue weighted by molar-refractivity contribution is -0.385. The predicted octanol–water partition coefficient (Wildman–Crippen LogP) is 3.15. The lowest BCUT2D eigenvalue weighted by Crippen LogP contribution is -2.34. The highest BCUT2D eigenvalue weighted by Crippen LogP contribution is 2.28. The Balaban J connectivity index is 2.24. The second kappa shape index (κ2) is 8.37. The number of halogens is 3. The molecule has 0 aliphatic rings. The van der Waals surface area contributed by atoms with Crippen molar-refractivity contribution in [1.29, 1.82) is 0 Å². The predicted molar refractivity (Wildman–Crippen MR) is 92.4 cm³/mol. The summed E-state index contributed by atoms with van der Waals surface area (Å²) >= 11 is 0. The third-order valence-corrected chi connectivity index (χ3v) is 3.51. The van der Waals surface area contributed by atoms with Gasteiger partial charge in [0.1, 0.15) is 6.54 Å². The second-order valence-corrected chi connectivity index (χ2v) is 5.44. The Labute approximate surface area is 156 Å². The van der Waals surface area contributed by atoms with Gasteiger partial charge >= 0.3 is 11.9 Å². The van der Waals surface area contributed by atoms with Gasteiger partial charge in [-0.15, -0.1) is 0 Å². The quantitative estimate of drug-likeness (QED) is 0.575. The van der Waals surface area contributed by atoms with Gasteiger partial charge in [0, 0.05) is 11.6 Å². The molecule has 0 saturated carbocycles. The van der Waals surface area contributed by atoms with E-state index in [0.717, 1.165) is 6.07 Å². The van der Waals surface area contributed by atoms with E-state index in [2.05, 4.69) is 5.32 Å². The van der Waals surface area contributed by atoms with Crippen LogP contribution in [-0.2, 0) is 0 Å². The molecule has 0 spiro atoms. The number of hydrogen-bond acceptors (Lipinski definition) is 5. The first-order valence-corrected chi connectivity index (χ1v) is 7.70. The first kappa shape index (κ1) is 20.7. The average Bonchev–Trinajstić information content (AvgIpc) is 2.65. The molecule has 0 radical (unpaired) electrons. The number of hydrogen-bond donors (Lipinski definition) is 2. The van der Waals surface area contributed by atoms with Crippen LogP contribution in [0, 0.1) is 10.1 Å². The SMILES string of the molecule is COc1ccc(C(=O)Nc2ccccc2C(=O)NCC(F)(F)F)cc1[N+](=O)[O-]. The first-order valence-electron chi connectivity index (χ1n) is 7.70. The standard InChI is InChI=1S/C17H14F3N3O5/c1-28-14-7-6-10(8-13(14)23(26)27)15(24)22-12-5-3-2-4-11(12)16(25)21-9-17(18,19)20/h2-8H,9H2,1H3,(H,21,25)(H,22,24). The Bertz CT molecular complexity index is 915. The molecule has 0 unspecified atom stereocenters. The smallest absolute Gasteiger partial charge is 0.405 e. The molecule has 2 aromatic rings. The van der Waals surface area contributed by atoms with Gasteiger partial charge in [0.15, 0.2) is 5.75 Å². The molecular weight excluding hydrogens is 383 g/mol. The molecule has 0 aliphatic heterocycles. The van der Waals surface area contributed by atoms with Crippen molar-refractivity contribution in [3.8, 4) is 5.75 Å². The molecule has 0 fully saturated rings. The zero-order valence-corrected chi connectivity index (χ0v) is 14.4. The average molecular weight is 397 g/mol. The molecule has 8 nitrogen and oxygen atoms in total. The van der Waals surface area contributed by atoms with Gasteiger partial charge in [0.25, 0.3) is 11.8 Å². The molecule has 0 saturated heterocycles. The van der Waals surface area contributed by atoms with E-state index in [0.29, 0.717) is 0 Å². The van der Waals surface area contributed by atoms with Crippen molar-refractivity contribution in [3.63, 3.8) is 0 Å². The molecule has 28 heavy (non-hydrogen) atoms. The van der Waals surface area contributed by atoms with Crippen LogP contribution in [0.25, 0.3) is 0 Å². The van der Waals surface area contributed by atoms with Gasteiger partial charge in [-0.2, -0.15) is 13.2 Å². The summed E-state index contributed by atoms with van der Waals surface area (Å²) in [5, 5.41) is 15.1. The maximum absolute atomic E-state index is 12.4. The highest BCUT2D eigenvalue weighted by atomic mass is 19.4. The van der Waals surface area contributed by atoms with Crippen LogP contribution >= 0.6 is 0 Å². The highest BCUT2D eigenvalue weighted by molar-refractivity contribution is 6.09. The Morgan fingerprint density at radius 1 is 1.14 bits per heavy atom. The Morgan fingerprint density at radius 2 is 1.82 bits per heavy atom. The molecule has 2 amide bonds. The minimum atomic E-state index is -4.59. The van der Waals surface area contributed by atoms with Crippen molar-refractivity contribution in [1.82, 2.24) is 5.32 Å². The molecule has 0 aliphatic carbocycles. The van der Waals surface area contributed by atoms with Crippen molar-refractivity contribution >= 4 is 23.2 Å². The van der Waals surface area contributed by atoms with E-state index >= 15 is 0 Å². The number of ether oxygens (including phenoxy) is 1. The van der Waals surface area contributed by atoms with Crippen LogP contribution in [-0.4, -0.2) is 36.6 Å². The van der Waals surface area contributed by atoms with Crippen molar-refractivity contribution in [2.45, 2.75) is 6.18 Å². The molecule has 0 atom stereocenters. The third-order valence-electron chi connectivity index (χ3n) is 3.51. The molecule has 2 rings (SSSR count). The second-order valence-electron chi connectivity index (χ2n) is 5.44. The van der Waals surface area contributed by atoms with E-state index in [4.69, 9.17) is 4.74 Å². The van der Waals surface area contributed by atoms with E-state index in [9.17, 15) is 32.9 Å². The largest absolute Gasteiger partial charge is 0.490 e. The van der Waals surface area contributed by atoms with E-state index in [1.54, 1.807) is 5.32 Å². The van der Waals surface area contributed by atoms with E-state index in [1.165, 1.54) is 43.5 Å². The van der Waals surface area contributed by atoms with Gasteiger partial charge in [-0.25, -0.2) is 0 Å². The van der Waals surface area contributed by atoms with Gasteiger partial charge in [-0.05, 0) is 24.3 Å². The molecular formula is C17H14F3N3O5. The van der Waals surface area contributed by atoms with Gasteiger partial charge in [0.05, 0.1) is 23.3 Å². The number of methoxy groups -OCH3 is 1. The maximum Gasteiger partial charge on any atom is 0.405 e. The minimum Gasteiger partial charge on any atom is -0.490 e. The molecule has 0 heterocycles. The molecule has 0 aromatic heterocycles. The fraction of sp³-hybridized carbons (Fsp3) is 0.176. The fourth-order valence-corrected chi connectivity index (χ4v) is 2.23. The Morgan fingerprint density at radius 3 is 2.43 bits per heavy atom. The number of nitro groups is 1. The number of rotatable bonds is 6. The van der Waals surface area contributed by atoms with E-state index in [-0.39, 0.29) is 22.6 Å². The van der Waals surface area contributed by atoms with Crippen LogP contribution < -0.4 is 15.4 Å². The maximum atomic E-state index is 12.4. The number of benzene rings is 2. The van der Waals surface area contributed by atoms with Crippen LogP contribution in [0.3, 0.4) is 0 Å². The van der Waals surface area contributed by atoms with Gasteiger partial charge in [-0.1, -0.05) is 12.1 Å². The number of nitrogens with one attached hydrogen (secondary N) is 2. The number of anilines is 1. The summed E-state index contributed by atoms with van der Waals surface area (Å²) in [7, 11) is 1.23. The van der Waals surface area contributed by atoms with Gasteiger partial charge in [0.2, 0.25) is 0 Å². The number of alkyl halides is 3. The lowest BCUT2D eigenvalue weighted by atomic mass is 10.1. The molecule has 2 aromatic carbocycles. The van der Waals surface area contributed by atoms with Crippen molar-refractivity contribution in [2.24, 2.45) is 0 Å². The third kappa shape index (κ3) is 5.19. The van der Waals surface area contributed by atoms with Crippen LogP contribution in [0.15, 0.2) is 42.5 Å². The van der Waals surface area contributed by atoms with E-state index < -0.39 is 35.1 Å². The minimum absolute atomic E-state index is 0.0477. The zero-order valence-electron chi connectivity index (χ0n) is 14.4. The van der Waals surface area contributed by atoms with Crippen LogP contribution in [0.1, 0.15) is 20.7 Å². The summed E-state index contributed by atoms with van der Waals surface area (Å²) in [6.45, 7) is -1.53. The summed E-state index contributed by atoms with van der Waals surface area (Å²) < 4.78 is 41.7. The lowest BCUT2D eigenvalue weighted by Gasteiger charge is -2.13. The van der Waals surface area contributed by atoms with Crippen LogP contribution in [0.4, 0.5) is 24.5 Å². The fourth-order valence-electron chi connectivity index (χ4n) is 2.23. The van der Waals surface area contributed by atoms with Crippen molar-refractivity contribution in [3.05, 3.63) is 63.7 Å². The summed E-state index contributed by atoms with van der Waals surface area (Å²) in [6.07, 6.45) is -4.59. The van der Waals surface area contributed by atoms with Crippen molar-refractivity contribution < 1.29 is 32.4 Å². The van der Waals surface area contributed by atoms with Gasteiger partial charge < -0.3 is 15.4 Å². The number of carbonyl (C=O) groups excluding carboxylic acids is 2. The summed E-state index contributed by atoms with van der Waals surface area (Å²) in [6, 6.07) is 8.92. The monoisotopic (exact) mass is 397 g/mol. The zero-order chi connectivity index (χ0) is 20.9. The van der Waals surface area contributed by atoms with Crippen molar-refractivity contribution in [2.75, 3.05) is 19.0 Å². The molecule has 0 bridgehead atoms. The van der Waals surface area contributed by atoms with Crippen LogP contribution in [0.2, 0.25) is 0 Å². The topological polar surface area (TPSA) is 111 Å². The number of para-hydroxylation sites is 1. The Kier molecular flexibility index (Phi) is 6.18.